The summed E-state index contributed by atoms with van der Waals surface area (Å²) < 4.78 is 0. The van der Waals surface area contributed by atoms with E-state index in [4.69, 9.17) is 10.9 Å². The molecule has 88 valence electrons. The topological polar surface area (TPSA) is 78.9 Å². The van der Waals surface area contributed by atoms with Crippen molar-refractivity contribution in [3.05, 3.63) is 0 Å². The summed E-state index contributed by atoms with van der Waals surface area (Å²) in [6, 6.07) is 0. The highest BCUT2D eigenvalue weighted by Gasteiger charge is 2.23. The Morgan fingerprint density at radius 3 is 2.67 bits per heavy atom. The molecule has 1 unspecified atom stereocenters. The molecule has 0 aliphatic heterocycles. The van der Waals surface area contributed by atoms with Crippen LogP contribution in [0.3, 0.4) is 0 Å². The van der Waals surface area contributed by atoms with E-state index in [2.05, 4.69) is 5.16 Å². The van der Waals surface area contributed by atoms with Gasteiger partial charge in [0.2, 0.25) is 5.91 Å². The Labute approximate surface area is 94.7 Å². The molecule has 3 N–H and O–H groups in total. The molecule has 0 saturated heterocycles. The number of amides is 1. The van der Waals surface area contributed by atoms with E-state index in [1.54, 1.807) is 23.7 Å². The van der Waals surface area contributed by atoms with Gasteiger partial charge in [-0.2, -0.15) is 11.8 Å². The molecule has 0 heterocycles. The van der Waals surface area contributed by atoms with Crippen molar-refractivity contribution >= 4 is 23.5 Å². The third-order valence-electron chi connectivity index (χ3n) is 2.19. The lowest BCUT2D eigenvalue weighted by molar-refractivity contribution is -0.131. The maximum Gasteiger partial charge on any atom is 0.233 e. The van der Waals surface area contributed by atoms with Crippen molar-refractivity contribution in [1.82, 2.24) is 4.90 Å². The smallest absolute Gasteiger partial charge is 0.233 e. The lowest BCUT2D eigenvalue weighted by Gasteiger charge is -2.21. The van der Waals surface area contributed by atoms with Gasteiger partial charge in [0.05, 0.1) is 5.92 Å². The second kappa shape index (κ2) is 7.39. The first kappa shape index (κ1) is 14.1. The van der Waals surface area contributed by atoms with Crippen LogP contribution in [0.25, 0.3) is 0 Å². The molecule has 0 spiro atoms. The fraction of sp³-hybridized carbons (Fsp3) is 0.778. The van der Waals surface area contributed by atoms with Gasteiger partial charge >= 0.3 is 0 Å². The lowest BCUT2D eigenvalue weighted by Crippen LogP contribution is -2.40. The van der Waals surface area contributed by atoms with Crippen LogP contribution in [0, 0.1) is 5.92 Å². The summed E-state index contributed by atoms with van der Waals surface area (Å²) in [7, 11) is 1.73. The largest absolute Gasteiger partial charge is 0.409 e. The van der Waals surface area contributed by atoms with Gasteiger partial charge in [0, 0.05) is 19.3 Å². The SMILES string of the molecule is CCC(C(=O)N(C)CCSC)C(N)=NO. The van der Waals surface area contributed by atoms with Gasteiger partial charge in [-0.15, -0.1) is 0 Å². The van der Waals surface area contributed by atoms with Crippen molar-refractivity contribution < 1.29 is 10.0 Å². The van der Waals surface area contributed by atoms with Gasteiger partial charge in [0.25, 0.3) is 0 Å². The van der Waals surface area contributed by atoms with Crippen molar-refractivity contribution in [2.75, 3.05) is 25.6 Å². The van der Waals surface area contributed by atoms with E-state index in [-0.39, 0.29) is 11.7 Å². The number of carbonyl (C=O) groups is 1. The Hall–Kier alpha value is -0.910. The summed E-state index contributed by atoms with van der Waals surface area (Å²) in [5, 5.41) is 11.4. The third-order valence-corrected chi connectivity index (χ3v) is 2.78. The first-order valence-corrected chi connectivity index (χ1v) is 6.19. The second-order valence-electron chi connectivity index (χ2n) is 3.24. The highest BCUT2D eigenvalue weighted by molar-refractivity contribution is 7.98. The molecule has 1 atom stereocenters. The van der Waals surface area contributed by atoms with Gasteiger partial charge < -0.3 is 15.8 Å². The summed E-state index contributed by atoms with van der Waals surface area (Å²) >= 11 is 1.68. The van der Waals surface area contributed by atoms with Crippen molar-refractivity contribution in [2.24, 2.45) is 16.8 Å². The van der Waals surface area contributed by atoms with Crippen LogP contribution in [0.5, 0.6) is 0 Å². The molecule has 0 aliphatic rings. The molecule has 5 nitrogen and oxygen atoms in total. The van der Waals surface area contributed by atoms with E-state index in [0.717, 1.165) is 5.75 Å². The molecular weight excluding hydrogens is 214 g/mol. The minimum Gasteiger partial charge on any atom is -0.409 e. The molecular formula is C9H19N3O2S. The van der Waals surface area contributed by atoms with Crippen molar-refractivity contribution in [3.8, 4) is 0 Å². The molecule has 6 heteroatoms. The molecule has 0 radical (unpaired) electrons. The highest BCUT2D eigenvalue weighted by atomic mass is 32.2. The zero-order chi connectivity index (χ0) is 11.8. The number of hydrogen-bond acceptors (Lipinski definition) is 4. The van der Waals surface area contributed by atoms with Crippen LogP contribution in [0.2, 0.25) is 0 Å². The Balaban J connectivity index is 4.38. The fourth-order valence-corrected chi connectivity index (χ4v) is 1.64. The monoisotopic (exact) mass is 233 g/mol. The molecule has 0 bridgehead atoms. The Bertz CT molecular complexity index is 233. The zero-order valence-electron chi connectivity index (χ0n) is 9.43. The number of thioether (sulfide) groups is 1. The van der Waals surface area contributed by atoms with Crippen LogP contribution in [0.15, 0.2) is 5.16 Å². The summed E-state index contributed by atoms with van der Waals surface area (Å²) in [5.74, 6) is 0.261. The van der Waals surface area contributed by atoms with Gasteiger partial charge in [-0.1, -0.05) is 12.1 Å². The molecule has 0 fully saturated rings. The van der Waals surface area contributed by atoms with E-state index < -0.39 is 5.92 Å². The van der Waals surface area contributed by atoms with E-state index in [9.17, 15) is 4.79 Å². The maximum absolute atomic E-state index is 11.8. The van der Waals surface area contributed by atoms with Crippen LogP contribution in [0.1, 0.15) is 13.3 Å². The lowest BCUT2D eigenvalue weighted by atomic mass is 10.0. The first-order chi connectivity index (χ1) is 7.08. The predicted molar refractivity (Wildman–Crippen MR) is 63.2 cm³/mol. The van der Waals surface area contributed by atoms with E-state index in [1.807, 2.05) is 13.2 Å². The number of amidine groups is 1. The molecule has 0 rings (SSSR count). The normalized spacial score (nSPS) is 13.7. The molecule has 15 heavy (non-hydrogen) atoms. The molecule has 0 saturated carbocycles. The van der Waals surface area contributed by atoms with Crippen LogP contribution in [-0.4, -0.2) is 47.5 Å². The van der Waals surface area contributed by atoms with Crippen molar-refractivity contribution in [2.45, 2.75) is 13.3 Å². The number of nitrogens with zero attached hydrogens (tertiary/aromatic N) is 2. The molecule has 1 amide bonds. The van der Waals surface area contributed by atoms with Gasteiger partial charge in [0.15, 0.2) is 5.84 Å². The quantitative estimate of drug-likeness (QED) is 0.304. The van der Waals surface area contributed by atoms with Crippen LogP contribution < -0.4 is 5.73 Å². The number of nitrogens with two attached hydrogens (primary N) is 1. The maximum atomic E-state index is 11.8. The Morgan fingerprint density at radius 2 is 2.27 bits per heavy atom. The molecule has 0 aromatic rings. The Kier molecular flexibility index (Phi) is 6.94. The third kappa shape index (κ3) is 4.42. The van der Waals surface area contributed by atoms with Crippen molar-refractivity contribution in [3.63, 3.8) is 0 Å². The standard InChI is InChI=1S/C9H19N3O2S/c1-4-7(8(10)11-14)9(13)12(2)5-6-15-3/h7,14H,4-6H2,1-3H3,(H2,10,11). The van der Waals surface area contributed by atoms with Gasteiger partial charge in [-0.05, 0) is 12.7 Å². The molecule has 0 aliphatic carbocycles. The number of rotatable bonds is 6. The van der Waals surface area contributed by atoms with Crippen LogP contribution >= 0.6 is 11.8 Å². The second-order valence-corrected chi connectivity index (χ2v) is 4.22. The highest BCUT2D eigenvalue weighted by Crippen LogP contribution is 2.07. The number of carbonyl (C=O) groups excluding carboxylic acids is 1. The predicted octanol–water partition coefficient (Wildman–Crippen LogP) is 0.580. The van der Waals surface area contributed by atoms with E-state index in [1.165, 1.54) is 0 Å². The summed E-state index contributed by atoms with van der Waals surface area (Å²) in [5.41, 5.74) is 5.44. The minimum absolute atomic E-state index is 0.0153. The van der Waals surface area contributed by atoms with Gasteiger partial charge in [0.1, 0.15) is 0 Å². The zero-order valence-corrected chi connectivity index (χ0v) is 10.3. The molecule has 0 aromatic heterocycles. The minimum atomic E-state index is -0.512. The van der Waals surface area contributed by atoms with Crippen LogP contribution in [-0.2, 0) is 4.79 Å². The fourth-order valence-electron chi connectivity index (χ4n) is 1.18. The summed E-state index contributed by atoms with van der Waals surface area (Å²) in [6.45, 7) is 2.51. The van der Waals surface area contributed by atoms with Gasteiger partial charge in [-0.25, -0.2) is 0 Å². The summed E-state index contributed by atoms with van der Waals surface area (Å²) in [6.07, 6.45) is 2.53. The van der Waals surface area contributed by atoms with Gasteiger partial charge in [-0.3, -0.25) is 4.79 Å². The average molecular weight is 233 g/mol. The number of oxime groups is 1. The average Bonchev–Trinajstić information content (AvgIpc) is 2.26. The number of hydrogen-bond donors (Lipinski definition) is 2. The Morgan fingerprint density at radius 1 is 1.67 bits per heavy atom. The first-order valence-electron chi connectivity index (χ1n) is 4.79. The van der Waals surface area contributed by atoms with Crippen molar-refractivity contribution in [1.29, 1.82) is 0 Å². The van der Waals surface area contributed by atoms with E-state index >= 15 is 0 Å². The van der Waals surface area contributed by atoms with Crippen LogP contribution in [0.4, 0.5) is 0 Å². The summed E-state index contributed by atoms with van der Waals surface area (Å²) in [4.78, 5) is 13.4. The molecule has 0 aromatic carbocycles. The van der Waals surface area contributed by atoms with E-state index in [0.29, 0.717) is 13.0 Å².